The van der Waals surface area contributed by atoms with Crippen molar-refractivity contribution in [3.05, 3.63) is 79.9 Å². The Morgan fingerprint density at radius 2 is 1.18 bits per heavy atom. The molecule has 0 amide bonds. The molecule has 0 bridgehead atoms. The van der Waals surface area contributed by atoms with Crippen LogP contribution >= 0.6 is 11.6 Å². The SMILES string of the molecule is CC(=O)c1c(C)[nH]c(C(c2ccc(Cl)cc2)c2[nH]c(C)c(C(C)=O)c2C)c1C. The normalized spacial score (nSPS) is 11.3. The summed E-state index contributed by atoms with van der Waals surface area (Å²) >= 11 is 6.11. The number of aryl methyl sites for hydroxylation is 2. The molecule has 0 unspecified atom stereocenters. The lowest BCUT2D eigenvalue weighted by Gasteiger charge is -2.19. The van der Waals surface area contributed by atoms with Crippen molar-refractivity contribution in [1.82, 2.24) is 9.97 Å². The second-order valence-electron chi connectivity index (χ2n) is 7.42. The fourth-order valence-electron chi connectivity index (χ4n) is 4.31. The standard InChI is InChI=1S/C23H25ClN2O2/c1-11-19(15(5)27)13(3)25-22(11)21(17-7-9-18(24)10-8-17)23-12(2)20(16(6)28)14(4)26-23/h7-10,21,25-26H,1-6H3. The number of Topliss-reactive ketones (excluding diaryl/α,β-unsaturated/α-hetero) is 2. The summed E-state index contributed by atoms with van der Waals surface area (Å²) in [4.78, 5) is 31.2. The zero-order valence-corrected chi connectivity index (χ0v) is 17.8. The van der Waals surface area contributed by atoms with Crippen molar-refractivity contribution >= 4 is 23.2 Å². The third-order valence-corrected chi connectivity index (χ3v) is 5.69. The molecule has 1 aromatic carbocycles. The van der Waals surface area contributed by atoms with Crippen LogP contribution in [0.5, 0.6) is 0 Å². The van der Waals surface area contributed by atoms with Crippen molar-refractivity contribution in [2.45, 2.75) is 47.5 Å². The van der Waals surface area contributed by atoms with E-state index in [-0.39, 0.29) is 17.5 Å². The third kappa shape index (κ3) is 3.33. The van der Waals surface area contributed by atoms with E-state index >= 15 is 0 Å². The van der Waals surface area contributed by atoms with Crippen LogP contribution in [0.15, 0.2) is 24.3 Å². The van der Waals surface area contributed by atoms with Gasteiger partial charge in [0.2, 0.25) is 0 Å². The summed E-state index contributed by atoms with van der Waals surface area (Å²) in [6.45, 7) is 10.9. The maximum Gasteiger partial charge on any atom is 0.161 e. The molecule has 4 nitrogen and oxygen atoms in total. The molecule has 146 valence electrons. The summed E-state index contributed by atoms with van der Waals surface area (Å²) in [5, 5.41) is 0.662. The van der Waals surface area contributed by atoms with Gasteiger partial charge in [-0.15, -0.1) is 0 Å². The van der Waals surface area contributed by atoms with Crippen LogP contribution < -0.4 is 0 Å². The van der Waals surface area contributed by atoms with Crippen LogP contribution in [-0.4, -0.2) is 21.5 Å². The first kappa shape index (κ1) is 20.2. The van der Waals surface area contributed by atoms with Gasteiger partial charge >= 0.3 is 0 Å². The molecule has 0 atom stereocenters. The van der Waals surface area contributed by atoms with Crippen molar-refractivity contribution in [1.29, 1.82) is 0 Å². The van der Waals surface area contributed by atoms with E-state index in [9.17, 15) is 9.59 Å². The molecule has 2 N–H and O–H groups in total. The maximum atomic E-state index is 12.2. The molecule has 0 fully saturated rings. The number of rotatable bonds is 5. The van der Waals surface area contributed by atoms with Gasteiger partial charge in [-0.2, -0.15) is 0 Å². The lowest BCUT2D eigenvalue weighted by molar-refractivity contribution is 0.100. The predicted octanol–water partition coefficient (Wildman–Crippen LogP) is 5.82. The topological polar surface area (TPSA) is 65.7 Å². The average Bonchev–Trinajstić information content (AvgIpc) is 3.05. The van der Waals surface area contributed by atoms with E-state index in [0.717, 1.165) is 50.6 Å². The first-order valence-corrected chi connectivity index (χ1v) is 9.66. The van der Waals surface area contributed by atoms with Crippen molar-refractivity contribution < 1.29 is 9.59 Å². The summed E-state index contributed by atoms with van der Waals surface area (Å²) in [6, 6.07) is 7.69. The van der Waals surface area contributed by atoms with Crippen LogP contribution in [0, 0.1) is 27.7 Å². The molecular formula is C23H25ClN2O2. The first-order valence-electron chi connectivity index (χ1n) is 9.28. The van der Waals surface area contributed by atoms with Crippen molar-refractivity contribution in [2.24, 2.45) is 0 Å². The Labute approximate surface area is 170 Å². The summed E-state index contributed by atoms with van der Waals surface area (Å²) in [5.41, 5.74) is 7.95. The molecule has 28 heavy (non-hydrogen) atoms. The van der Waals surface area contributed by atoms with Gasteiger partial charge in [-0.25, -0.2) is 0 Å². The van der Waals surface area contributed by atoms with Gasteiger partial charge in [-0.05, 0) is 70.4 Å². The van der Waals surface area contributed by atoms with Gasteiger partial charge in [-0.1, -0.05) is 23.7 Å². The van der Waals surface area contributed by atoms with Crippen LogP contribution in [-0.2, 0) is 0 Å². The summed E-state index contributed by atoms with van der Waals surface area (Å²) in [7, 11) is 0. The number of ketones is 2. The molecule has 0 aliphatic carbocycles. The number of H-pyrrole nitrogens is 2. The highest BCUT2D eigenvalue weighted by molar-refractivity contribution is 6.30. The molecule has 5 heteroatoms. The van der Waals surface area contributed by atoms with Crippen LogP contribution in [0.25, 0.3) is 0 Å². The second kappa shape index (κ2) is 7.44. The van der Waals surface area contributed by atoms with Gasteiger partial charge in [0.1, 0.15) is 0 Å². The van der Waals surface area contributed by atoms with E-state index in [4.69, 9.17) is 11.6 Å². The van der Waals surface area contributed by atoms with Gasteiger partial charge in [0.25, 0.3) is 0 Å². The number of halogens is 1. The summed E-state index contributed by atoms with van der Waals surface area (Å²) in [5.74, 6) is -0.0943. The fourth-order valence-corrected chi connectivity index (χ4v) is 4.44. The Morgan fingerprint density at radius 1 is 0.786 bits per heavy atom. The van der Waals surface area contributed by atoms with E-state index in [1.54, 1.807) is 13.8 Å². The largest absolute Gasteiger partial charge is 0.361 e. The Morgan fingerprint density at radius 3 is 1.50 bits per heavy atom. The van der Waals surface area contributed by atoms with E-state index in [1.807, 2.05) is 52.0 Å². The molecule has 3 aromatic rings. The monoisotopic (exact) mass is 396 g/mol. The minimum Gasteiger partial charge on any atom is -0.361 e. The van der Waals surface area contributed by atoms with Crippen LogP contribution in [0.3, 0.4) is 0 Å². The van der Waals surface area contributed by atoms with Gasteiger partial charge in [0.15, 0.2) is 11.6 Å². The Balaban J connectivity index is 2.31. The van der Waals surface area contributed by atoms with Gasteiger partial charge in [-0.3, -0.25) is 9.59 Å². The molecule has 0 aliphatic heterocycles. The number of hydrogen-bond donors (Lipinski definition) is 2. The molecule has 2 aromatic heterocycles. The van der Waals surface area contributed by atoms with Gasteiger partial charge in [0.05, 0.1) is 5.92 Å². The van der Waals surface area contributed by atoms with E-state index in [1.165, 1.54) is 0 Å². The first-order chi connectivity index (χ1) is 13.1. The molecular weight excluding hydrogens is 372 g/mol. The van der Waals surface area contributed by atoms with Crippen LogP contribution in [0.1, 0.15) is 79.9 Å². The summed E-state index contributed by atoms with van der Waals surface area (Å²) < 4.78 is 0. The second-order valence-corrected chi connectivity index (χ2v) is 7.86. The molecule has 0 saturated heterocycles. The lowest BCUT2D eigenvalue weighted by atomic mass is 9.87. The molecule has 2 heterocycles. The highest BCUT2D eigenvalue weighted by Crippen LogP contribution is 2.38. The number of aromatic nitrogens is 2. The number of hydrogen-bond acceptors (Lipinski definition) is 2. The minimum absolute atomic E-state index is 0.0381. The lowest BCUT2D eigenvalue weighted by Crippen LogP contribution is -2.08. The summed E-state index contributed by atoms with van der Waals surface area (Å²) in [6.07, 6.45) is 0. The van der Waals surface area contributed by atoms with Gasteiger partial charge in [0, 0.05) is 38.9 Å². The molecule has 0 saturated carbocycles. The molecule has 0 aliphatic rings. The number of carbonyl (C=O) groups is 2. The van der Waals surface area contributed by atoms with Crippen molar-refractivity contribution in [2.75, 3.05) is 0 Å². The van der Waals surface area contributed by atoms with Crippen LogP contribution in [0.2, 0.25) is 5.02 Å². The smallest absolute Gasteiger partial charge is 0.161 e. The highest BCUT2D eigenvalue weighted by atomic mass is 35.5. The quantitative estimate of drug-likeness (QED) is 0.534. The maximum absolute atomic E-state index is 12.2. The fraction of sp³-hybridized carbons (Fsp3) is 0.304. The van der Waals surface area contributed by atoms with Gasteiger partial charge < -0.3 is 9.97 Å². The Hall–Kier alpha value is -2.59. The van der Waals surface area contributed by atoms with Crippen molar-refractivity contribution in [3.63, 3.8) is 0 Å². The zero-order chi connectivity index (χ0) is 20.7. The average molecular weight is 397 g/mol. The molecule has 0 radical (unpaired) electrons. The number of aromatic amines is 2. The zero-order valence-electron chi connectivity index (χ0n) is 17.1. The number of benzene rings is 1. The third-order valence-electron chi connectivity index (χ3n) is 5.44. The molecule has 0 spiro atoms. The minimum atomic E-state index is -0.170. The Bertz CT molecular complexity index is 1010. The number of nitrogens with one attached hydrogen (secondary N) is 2. The van der Waals surface area contributed by atoms with E-state index in [0.29, 0.717) is 5.02 Å². The highest BCUT2D eigenvalue weighted by Gasteiger charge is 2.29. The Kier molecular flexibility index (Phi) is 5.35. The predicted molar refractivity (Wildman–Crippen MR) is 113 cm³/mol. The van der Waals surface area contributed by atoms with E-state index in [2.05, 4.69) is 9.97 Å². The van der Waals surface area contributed by atoms with Crippen molar-refractivity contribution in [3.8, 4) is 0 Å². The van der Waals surface area contributed by atoms with Crippen LogP contribution in [0.4, 0.5) is 0 Å². The number of carbonyl (C=O) groups excluding carboxylic acids is 2. The molecule has 3 rings (SSSR count). The van der Waals surface area contributed by atoms with E-state index < -0.39 is 0 Å².